The van der Waals surface area contributed by atoms with Gasteiger partial charge in [0.25, 0.3) is 15.9 Å². The van der Waals surface area contributed by atoms with Gasteiger partial charge >= 0.3 is 0 Å². The zero-order chi connectivity index (χ0) is 30.5. The molecule has 4 aliphatic carbocycles. The van der Waals surface area contributed by atoms with Gasteiger partial charge in [-0.15, -0.1) is 0 Å². The average molecular weight is 625 g/mol. The Morgan fingerprint density at radius 3 is 2.02 bits per heavy atom. The Labute approximate surface area is 265 Å². The quantitative estimate of drug-likeness (QED) is 0.213. The smallest absolute Gasteiger partial charge is 0.264 e. The van der Waals surface area contributed by atoms with Crippen molar-refractivity contribution < 1.29 is 13.2 Å². The molecule has 226 valence electrons. The van der Waals surface area contributed by atoms with Crippen LogP contribution in [-0.2, 0) is 22.0 Å². The van der Waals surface area contributed by atoms with Gasteiger partial charge in [-0.05, 0) is 128 Å². The molecule has 1 N–H and O–H groups in total. The Bertz CT molecular complexity index is 1750. The van der Waals surface area contributed by atoms with Crippen LogP contribution in [0.25, 0.3) is 0 Å². The number of benzene rings is 4. The summed E-state index contributed by atoms with van der Waals surface area (Å²) in [4.78, 5) is 14.0. The van der Waals surface area contributed by atoms with E-state index in [9.17, 15) is 13.2 Å². The zero-order valence-corrected chi connectivity index (χ0v) is 26.4. The highest BCUT2D eigenvalue weighted by molar-refractivity contribution is 7.92. The fourth-order valence-electron chi connectivity index (χ4n) is 8.35. The van der Waals surface area contributed by atoms with Gasteiger partial charge in [0.05, 0.1) is 22.7 Å². The van der Waals surface area contributed by atoms with Crippen LogP contribution in [0.1, 0.15) is 65.6 Å². The molecule has 4 saturated carbocycles. The lowest BCUT2D eigenvalue weighted by atomic mass is 9.48. The second-order valence-corrected chi connectivity index (χ2v) is 15.5. The normalized spacial score (nSPS) is 23.8. The minimum atomic E-state index is -4.02. The monoisotopic (exact) mass is 624 g/mol. The van der Waals surface area contributed by atoms with Crippen molar-refractivity contribution in [2.75, 3.05) is 9.62 Å². The van der Waals surface area contributed by atoms with Crippen molar-refractivity contribution in [1.29, 1.82) is 0 Å². The lowest BCUT2D eigenvalue weighted by Crippen LogP contribution is -2.48. The summed E-state index contributed by atoms with van der Waals surface area (Å²) in [5.74, 6) is 2.24. The van der Waals surface area contributed by atoms with E-state index in [2.05, 4.69) is 17.4 Å². The van der Waals surface area contributed by atoms with E-state index >= 15 is 0 Å². The number of rotatable bonds is 8. The molecule has 0 radical (unpaired) electrons. The number of carbonyl (C=O) groups is 1. The van der Waals surface area contributed by atoms with Gasteiger partial charge in [0, 0.05) is 10.7 Å². The van der Waals surface area contributed by atoms with Crippen molar-refractivity contribution in [3.8, 4) is 0 Å². The molecule has 4 aliphatic rings. The predicted molar refractivity (Wildman–Crippen MR) is 177 cm³/mol. The topological polar surface area (TPSA) is 66.5 Å². The summed E-state index contributed by atoms with van der Waals surface area (Å²) in [7, 11) is -4.02. The third-order valence-electron chi connectivity index (χ3n) is 10.1. The van der Waals surface area contributed by atoms with Crippen molar-refractivity contribution in [2.45, 2.75) is 62.3 Å². The van der Waals surface area contributed by atoms with Gasteiger partial charge in [0.15, 0.2) is 0 Å². The second kappa shape index (κ2) is 11.4. The molecule has 0 unspecified atom stereocenters. The SMILES string of the molecule is Cc1ccc(S(=O)(=O)N(Cc2ccc(Cl)cc2)c2ccccc2C(=O)Nc2ccc(C34CC5CC(CC(C5)C3)C4)cc2)cc1. The van der Waals surface area contributed by atoms with Crippen LogP contribution in [0.3, 0.4) is 0 Å². The van der Waals surface area contributed by atoms with E-state index in [1.807, 2.05) is 19.1 Å². The van der Waals surface area contributed by atoms with Gasteiger partial charge in [0.2, 0.25) is 0 Å². The standard InChI is InChI=1S/C37H37ClN2O3S/c1-25-6-16-33(17-7-25)44(42,43)40(24-26-8-12-31(38)13-9-26)35-5-3-2-4-34(35)36(41)39-32-14-10-30(11-15-32)37-21-27-18-28(22-37)20-29(19-27)23-37/h2-17,27-29H,18-24H2,1H3,(H,39,41). The van der Waals surface area contributed by atoms with E-state index in [0.717, 1.165) is 28.9 Å². The van der Waals surface area contributed by atoms with Crippen molar-refractivity contribution >= 4 is 38.9 Å². The Morgan fingerprint density at radius 2 is 1.41 bits per heavy atom. The molecule has 0 heterocycles. The number of hydrogen-bond acceptors (Lipinski definition) is 3. The minimum absolute atomic E-state index is 0.0391. The summed E-state index contributed by atoms with van der Waals surface area (Å²) in [5, 5.41) is 3.61. The molecule has 4 aromatic rings. The minimum Gasteiger partial charge on any atom is -0.322 e. The number of anilines is 2. The highest BCUT2D eigenvalue weighted by Crippen LogP contribution is 2.60. The number of sulfonamides is 1. The van der Waals surface area contributed by atoms with Crippen LogP contribution >= 0.6 is 11.6 Å². The molecular weight excluding hydrogens is 588 g/mol. The van der Waals surface area contributed by atoms with Crippen molar-refractivity contribution in [2.24, 2.45) is 17.8 Å². The molecule has 8 rings (SSSR count). The van der Waals surface area contributed by atoms with E-state index in [4.69, 9.17) is 11.6 Å². The van der Waals surface area contributed by atoms with Gasteiger partial charge in [-0.2, -0.15) is 0 Å². The third kappa shape index (κ3) is 5.54. The first-order valence-electron chi connectivity index (χ1n) is 15.5. The second-order valence-electron chi connectivity index (χ2n) is 13.2. The highest BCUT2D eigenvalue weighted by atomic mass is 35.5. The molecule has 0 saturated heterocycles. The van der Waals surface area contributed by atoms with E-state index in [-0.39, 0.29) is 28.3 Å². The molecule has 44 heavy (non-hydrogen) atoms. The van der Waals surface area contributed by atoms with Crippen LogP contribution in [0.4, 0.5) is 11.4 Å². The molecule has 0 aliphatic heterocycles. The Hall–Kier alpha value is -3.61. The highest BCUT2D eigenvalue weighted by Gasteiger charge is 2.51. The number of halogens is 1. The van der Waals surface area contributed by atoms with Gasteiger partial charge < -0.3 is 5.32 Å². The van der Waals surface area contributed by atoms with Crippen LogP contribution in [0.2, 0.25) is 5.02 Å². The summed E-state index contributed by atoms with van der Waals surface area (Å²) < 4.78 is 29.5. The lowest BCUT2D eigenvalue weighted by Gasteiger charge is -2.57. The number of hydrogen-bond donors (Lipinski definition) is 1. The Balaban J connectivity index is 1.18. The van der Waals surface area contributed by atoms with E-state index < -0.39 is 10.0 Å². The number of amides is 1. The number of aryl methyl sites for hydroxylation is 1. The number of carbonyl (C=O) groups excluding carboxylic acids is 1. The van der Waals surface area contributed by atoms with Crippen LogP contribution < -0.4 is 9.62 Å². The number of nitrogens with zero attached hydrogens (tertiary/aromatic N) is 1. The van der Waals surface area contributed by atoms with Crippen LogP contribution in [-0.4, -0.2) is 14.3 Å². The van der Waals surface area contributed by atoms with Crippen molar-refractivity contribution in [1.82, 2.24) is 0 Å². The molecule has 7 heteroatoms. The summed E-state index contributed by atoms with van der Waals surface area (Å²) in [6, 6.07) is 29.1. The van der Waals surface area contributed by atoms with Crippen molar-refractivity contribution in [3.63, 3.8) is 0 Å². The first-order chi connectivity index (χ1) is 21.2. The molecule has 0 aromatic heterocycles. The van der Waals surface area contributed by atoms with Gasteiger partial charge in [-0.1, -0.05) is 65.7 Å². The van der Waals surface area contributed by atoms with Gasteiger partial charge in [0.1, 0.15) is 0 Å². The summed E-state index contributed by atoms with van der Waals surface area (Å²) in [6.07, 6.45) is 8.08. The molecular formula is C37H37ClN2O3S. The van der Waals surface area contributed by atoms with Gasteiger partial charge in [-0.3, -0.25) is 9.10 Å². The molecule has 4 bridgehead atoms. The maximum atomic E-state index is 14.1. The molecule has 0 atom stereocenters. The average Bonchev–Trinajstić information content (AvgIpc) is 3.00. The summed E-state index contributed by atoms with van der Waals surface area (Å²) in [5.41, 5.74) is 4.68. The first-order valence-corrected chi connectivity index (χ1v) is 17.4. The van der Waals surface area contributed by atoms with E-state index in [1.54, 1.807) is 72.8 Å². The van der Waals surface area contributed by atoms with Crippen LogP contribution in [0.15, 0.2) is 102 Å². The van der Waals surface area contributed by atoms with Crippen molar-refractivity contribution in [3.05, 3.63) is 124 Å². The van der Waals surface area contributed by atoms with Crippen LogP contribution in [0, 0.1) is 24.7 Å². The Kier molecular flexibility index (Phi) is 7.54. The van der Waals surface area contributed by atoms with E-state index in [1.165, 1.54) is 48.4 Å². The largest absolute Gasteiger partial charge is 0.322 e. The van der Waals surface area contributed by atoms with Gasteiger partial charge in [-0.25, -0.2) is 8.42 Å². The zero-order valence-electron chi connectivity index (χ0n) is 24.9. The summed E-state index contributed by atoms with van der Waals surface area (Å²) in [6.45, 7) is 1.95. The predicted octanol–water partition coefficient (Wildman–Crippen LogP) is 8.76. The first kappa shape index (κ1) is 29.1. The number of para-hydroxylation sites is 1. The lowest BCUT2D eigenvalue weighted by molar-refractivity contribution is -0.00518. The molecule has 4 aromatic carbocycles. The van der Waals surface area contributed by atoms with E-state index in [0.29, 0.717) is 16.4 Å². The molecule has 5 nitrogen and oxygen atoms in total. The molecule has 0 spiro atoms. The molecule has 4 fully saturated rings. The maximum absolute atomic E-state index is 14.1. The number of nitrogens with one attached hydrogen (secondary N) is 1. The fraction of sp³-hybridized carbons (Fsp3) is 0.324. The molecule has 1 amide bonds. The van der Waals surface area contributed by atoms with Crippen LogP contribution in [0.5, 0.6) is 0 Å². The summed E-state index contributed by atoms with van der Waals surface area (Å²) >= 11 is 6.11. The Morgan fingerprint density at radius 1 is 0.818 bits per heavy atom. The third-order valence-corrected chi connectivity index (χ3v) is 12.1. The maximum Gasteiger partial charge on any atom is 0.264 e. The fourth-order valence-corrected chi connectivity index (χ4v) is 9.94.